The zero-order valence-electron chi connectivity index (χ0n) is 8.44. The van der Waals surface area contributed by atoms with E-state index >= 15 is 0 Å². The van der Waals surface area contributed by atoms with E-state index in [0.717, 1.165) is 4.05 Å². The van der Waals surface area contributed by atoms with Crippen molar-refractivity contribution in [2.75, 3.05) is 13.1 Å². The predicted molar refractivity (Wildman–Crippen MR) is 55.9 cm³/mol. The standard InChI is InChI=1S/C9H18N.ClH.Mg/c1-9(2,3)10-7-5-4-6-8-10;;/h4H,5-8H2,1-3H3;1H;/q;;+1/p-1. The Balaban J connectivity index is 2.36. The Morgan fingerprint density at radius 1 is 1.25 bits per heavy atom. The fourth-order valence-electron chi connectivity index (χ4n) is 1.76. The summed E-state index contributed by atoms with van der Waals surface area (Å²) in [7, 11) is 5.96. The molecule has 0 saturated carbocycles. The largest absolute Gasteiger partial charge is 0.504 e. The monoisotopic (exact) mass is 199 g/mol. The van der Waals surface area contributed by atoms with Crippen LogP contribution in [0.3, 0.4) is 0 Å². The molecular formula is C9H18ClMgN. The highest BCUT2D eigenvalue weighted by atomic mass is 35.5. The highest BCUT2D eigenvalue weighted by Crippen LogP contribution is 2.26. The molecule has 1 heterocycles. The quantitative estimate of drug-likeness (QED) is 0.587. The summed E-state index contributed by atoms with van der Waals surface area (Å²) in [6.45, 7) is 9.41. The van der Waals surface area contributed by atoms with Crippen LogP contribution in [0.25, 0.3) is 0 Å². The molecule has 0 amide bonds. The number of piperidine rings is 1. The van der Waals surface area contributed by atoms with Gasteiger partial charge in [-0.1, -0.05) is 12.8 Å². The summed E-state index contributed by atoms with van der Waals surface area (Å²) in [4.78, 5) is 2.57. The highest BCUT2D eigenvalue weighted by Gasteiger charge is 2.26. The molecule has 1 fully saturated rings. The smallest absolute Gasteiger partial charge is 0.346 e. The maximum absolute atomic E-state index is 5.96. The van der Waals surface area contributed by atoms with Gasteiger partial charge < -0.3 is 9.07 Å². The van der Waals surface area contributed by atoms with E-state index in [2.05, 4.69) is 25.7 Å². The van der Waals surface area contributed by atoms with Crippen LogP contribution in [0.15, 0.2) is 0 Å². The Morgan fingerprint density at radius 3 is 2.08 bits per heavy atom. The molecule has 0 radical (unpaired) electrons. The van der Waals surface area contributed by atoms with Crippen LogP contribution in [0, 0.1) is 0 Å². The molecule has 1 saturated heterocycles. The van der Waals surface area contributed by atoms with Crippen LogP contribution in [0.4, 0.5) is 0 Å². The van der Waals surface area contributed by atoms with E-state index in [9.17, 15) is 0 Å². The van der Waals surface area contributed by atoms with Crippen molar-refractivity contribution in [2.24, 2.45) is 0 Å². The van der Waals surface area contributed by atoms with Crippen LogP contribution in [0.1, 0.15) is 33.6 Å². The molecule has 3 heteroatoms. The average molecular weight is 200 g/mol. The van der Waals surface area contributed by atoms with E-state index in [4.69, 9.17) is 9.07 Å². The van der Waals surface area contributed by atoms with Crippen LogP contribution in [-0.2, 0) is 0 Å². The molecule has 0 aromatic carbocycles. The van der Waals surface area contributed by atoms with E-state index in [1.807, 2.05) is 0 Å². The fraction of sp³-hybridized carbons (Fsp3) is 1.00. The van der Waals surface area contributed by atoms with Gasteiger partial charge in [0.2, 0.25) is 0 Å². The fourth-order valence-corrected chi connectivity index (χ4v) is 3.36. The second-order valence-electron chi connectivity index (χ2n) is 4.76. The molecule has 1 aliphatic heterocycles. The molecule has 68 valence electrons. The van der Waals surface area contributed by atoms with Crippen molar-refractivity contribution in [1.82, 2.24) is 4.90 Å². The number of hydrogen-bond acceptors (Lipinski definition) is 1. The van der Waals surface area contributed by atoms with Gasteiger partial charge in [0, 0.05) is 5.54 Å². The third-order valence-corrected chi connectivity index (χ3v) is 5.34. The maximum atomic E-state index is 5.96. The normalized spacial score (nSPS) is 22.3. The number of nitrogens with zero attached hydrogens (tertiary/aromatic N) is 1. The minimum atomic E-state index is -0.253. The molecule has 1 nitrogen and oxygen atoms in total. The third-order valence-electron chi connectivity index (χ3n) is 2.78. The molecule has 0 aromatic rings. The molecule has 0 aromatic heterocycles. The SMILES string of the molecule is CC(C)(C)N1CC[CH]([Mg][Cl])CC1. The summed E-state index contributed by atoms with van der Waals surface area (Å²) in [6.07, 6.45) is 2.68. The van der Waals surface area contributed by atoms with E-state index in [-0.39, 0.29) is 19.3 Å². The molecular weight excluding hydrogens is 182 g/mol. The van der Waals surface area contributed by atoms with Crippen LogP contribution in [0.2, 0.25) is 4.05 Å². The summed E-state index contributed by atoms with van der Waals surface area (Å²) >= 11 is -0.253. The van der Waals surface area contributed by atoms with Crippen LogP contribution >= 0.6 is 9.07 Å². The highest BCUT2D eigenvalue weighted by molar-refractivity contribution is 6.94. The maximum Gasteiger partial charge on any atom is 0.504 e. The van der Waals surface area contributed by atoms with Crippen molar-refractivity contribution in [2.45, 2.75) is 43.2 Å². The molecule has 0 aliphatic carbocycles. The second-order valence-corrected chi connectivity index (χ2v) is 7.14. The first-order valence-corrected chi connectivity index (χ1v) is 7.80. The Labute approximate surface area is 89.3 Å². The van der Waals surface area contributed by atoms with Gasteiger partial charge in [0.25, 0.3) is 0 Å². The lowest BCUT2D eigenvalue weighted by molar-refractivity contribution is 0.111. The van der Waals surface area contributed by atoms with Gasteiger partial charge in [-0.25, -0.2) is 0 Å². The van der Waals surface area contributed by atoms with Crippen molar-refractivity contribution in [1.29, 1.82) is 0 Å². The van der Waals surface area contributed by atoms with E-state index in [0.29, 0.717) is 5.54 Å². The van der Waals surface area contributed by atoms with Gasteiger partial charge in [-0.15, -0.1) is 4.05 Å². The Bertz CT molecular complexity index is 136. The zero-order valence-corrected chi connectivity index (χ0v) is 10.6. The third kappa shape index (κ3) is 3.06. The van der Waals surface area contributed by atoms with E-state index in [1.165, 1.54) is 25.9 Å². The molecule has 1 rings (SSSR count). The lowest BCUT2D eigenvalue weighted by Crippen LogP contribution is -2.45. The number of halogens is 1. The first-order chi connectivity index (χ1) is 5.54. The lowest BCUT2D eigenvalue weighted by Gasteiger charge is -2.40. The minimum Gasteiger partial charge on any atom is -0.346 e. The van der Waals surface area contributed by atoms with E-state index in [1.54, 1.807) is 0 Å². The van der Waals surface area contributed by atoms with Gasteiger partial charge in [-0.2, -0.15) is 0 Å². The van der Waals surface area contributed by atoms with Crippen LogP contribution < -0.4 is 0 Å². The summed E-state index contributed by atoms with van der Waals surface area (Å²) in [5.41, 5.74) is 0.360. The average Bonchev–Trinajstić information content (AvgIpc) is 2.03. The van der Waals surface area contributed by atoms with Crippen LogP contribution in [0.5, 0.6) is 0 Å². The van der Waals surface area contributed by atoms with E-state index < -0.39 is 0 Å². The second kappa shape index (κ2) is 4.49. The van der Waals surface area contributed by atoms with Crippen molar-refractivity contribution in [3.8, 4) is 0 Å². The summed E-state index contributed by atoms with van der Waals surface area (Å²) < 4.78 is 0.908. The van der Waals surface area contributed by atoms with Crippen molar-refractivity contribution >= 4 is 28.3 Å². The molecule has 0 spiro atoms. The Morgan fingerprint density at radius 2 is 1.75 bits per heavy atom. The number of rotatable bonds is 1. The predicted octanol–water partition coefficient (Wildman–Crippen LogP) is 2.53. The molecule has 1 aliphatic rings. The first-order valence-electron chi connectivity index (χ1n) is 4.85. The zero-order chi connectivity index (χ0) is 9.19. The van der Waals surface area contributed by atoms with Crippen LogP contribution in [-0.4, -0.2) is 42.8 Å². The van der Waals surface area contributed by atoms with Gasteiger partial charge in [0.1, 0.15) is 0 Å². The molecule has 0 bridgehead atoms. The van der Waals surface area contributed by atoms with Gasteiger partial charge >= 0.3 is 19.3 Å². The Hall–Kier alpha value is 1.02. The van der Waals surface area contributed by atoms with Gasteiger partial charge in [0.05, 0.1) is 0 Å². The van der Waals surface area contributed by atoms with Gasteiger partial charge in [-0.05, 0) is 33.9 Å². The molecule has 12 heavy (non-hydrogen) atoms. The van der Waals surface area contributed by atoms with Gasteiger partial charge in [-0.3, -0.25) is 4.90 Å². The number of hydrogen-bond donors (Lipinski definition) is 0. The number of likely N-dealkylation sites (tertiary alicyclic amines) is 1. The summed E-state index contributed by atoms with van der Waals surface area (Å²) in [5, 5.41) is 0. The topological polar surface area (TPSA) is 3.24 Å². The summed E-state index contributed by atoms with van der Waals surface area (Å²) in [5.74, 6) is 0. The summed E-state index contributed by atoms with van der Waals surface area (Å²) in [6, 6.07) is 0. The van der Waals surface area contributed by atoms with Gasteiger partial charge in [0.15, 0.2) is 0 Å². The lowest BCUT2D eigenvalue weighted by atomic mass is 10.0. The van der Waals surface area contributed by atoms with Crippen molar-refractivity contribution < 1.29 is 0 Å². The first kappa shape index (κ1) is 11.1. The Kier molecular flexibility index (Phi) is 4.15. The molecule has 0 unspecified atom stereocenters. The molecule has 0 N–H and O–H groups in total. The van der Waals surface area contributed by atoms with Crippen molar-refractivity contribution in [3.05, 3.63) is 0 Å². The minimum absolute atomic E-state index is 0.253. The molecule has 0 atom stereocenters. The van der Waals surface area contributed by atoms with Crippen molar-refractivity contribution in [3.63, 3.8) is 0 Å².